The van der Waals surface area contributed by atoms with Crippen molar-refractivity contribution in [3.8, 4) is 23.0 Å². The van der Waals surface area contributed by atoms with E-state index in [2.05, 4.69) is 99.9 Å². The van der Waals surface area contributed by atoms with E-state index >= 15 is 0 Å². The van der Waals surface area contributed by atoms with E-state index in [0.29, 0.717) is 10.0 Å². The summed E-state index contributed by atoms with van der Waals surface area (Å²) in [7, 11) is 6.63. The molecular weight excluding hydrogens is 1330 g/mol. The Hall–Kier alpha value is -6.88. The Morgan fingerprint density at radius 1 is 0.283 bits per heavy atom. The molecule has 13 heteroatoms. The van der Waals surface area contributed by atoms with Crippen LogP contribution in [0.5, 0.6) is 23.0 Å². The van der Waals surface area contributed by atoms with Crippen LogP contribution in [0.1, 0.15) is 83.5 Å². The zero-order valence-electron chi connectivity index (χ0n) is 56.2. The van der Waals surface area contributed by atoms with Crippen LogP contribution in [-0.2, 0) is 6.18 Å². The van der Waals surface area contributed by atoms with E-state index in [9.17, 15) is 13.2 Å². The van der Waals surface area contributed by atoms with Crippen molar-refractivity contribution in [3.63, 3.8) is 0 Å². The highest BCUT2D eigenvalue weighted by Gasteiger charge is 2.29. The Kier molecular flexibility index (Phi) is 41.0. The molecule has 10 rings (SSSR count). The molecule has 0 aliphatic heterocycles. The normalized spacial score (nSPS) is 9.68. The quantitative estimate of drug-likeness (QED) is 0.176. The first kappa shape index (κ1) is 83.1. The molecule has 4 nitrogen and oxygen atoms in total. The number of halogens is 9. The van der Waals surface area contributed by atoms with E-state index < -0.39 is 11.7 Å². The number of benzene rings is 10. The smallest absolute Gasteiger partial charge is 0.416 e. The largest absolute Gasteiger partial charge is 0.497 e. The summed E-state index contributed by atoms with van der Waals surface area (Å²) in [5.41, 5.74) is 16.5. The summed E-state index contributed by atoms with van der Waals surface area (Å²) in [6.45, 7) is 28.5. The Balaban J connectivity index is 0.000000512. The van der Waals surface area contributed by atoms with Crippen LogP contribution >= 0.6 is 73.9 Å². The fourth-order valence-corrected chi connectivity index (χ4v) is 8.80. The maximum atomic E-state index is 11.9. The van der Waals surface area contributed by atoms with Gasteiger partial charge in [0.25, 0.3) is 0 Å². The molecule has 0 saturated heterocycles. The molecule has 0 aliphatic rings. The molecule has 92 heavy (non-hydrogen) atoms. The minimum atomic E-state index is -4.21. The van der Waals surface area contributed by atoms with Gasteiger partial charge in [-0.3, -0.25) is 0 Å². The van der Waals surface area contributed by atoms with Crippen molar-refractivity contribution in [2.24, 2.45) is 0 Å². The summed E-state index contributed by atoms with van der Waals surface area (Å²) in [4.78, 5) is 0. The summed E-state index contributed by atoms with van der Waals surface area (Å²) >= 11 is 31.8. The average Bonchev–Trinajstić information content (AvgIpc) is 1.72. The van der Waals surface area contributed by atoms with Crippen LogP contribution in [-0.4, -0.2) is 28.4 Å². The molecular formula is C79H89BrCl5F3O4. The number of aryl methyl sites for hydroxylation is 14. The molecule has 10 aromatic rings. The van der Waals surface area contributed by atoms with Gasteiger partial charge in [0.05, 0.1) is 44.0 Å². The number of hydrogen-bond acceptors (Lipinski definition) is 4. The molecule has 492 valence electrons. The fourth-order valence-electron chi connectivity index (χ4n) is 7.32. The lowest BCUT2D eigenvalue weighted by atomic mass is 10.1. The van der Waals surface area contributed by atoms with E-state index in [1.807, 2.05) is 188 Å². The van der Waals surface area contributed by atoms with Crippen LogP contribution in [0.15, 0.2) is 217 Å². The van der Waals surface area contributed by atoms with E-state index in [4.69, 9.17) is 77.0 Å². The van der Waals surface area contributed by atoms with Crippen LogP contribution in [0, 0.1) is 96.9 Å². The van der Waals surface area contributed by atoms with Crippen molar-refractivity contribution < 1.29 is 32.1 Å². The molecule has 10 aromatic carbocycles. The summed E-state index contributed by atoms with van der Waals surface area (Å²) in [6, 6.07) is 66.8. The molecule has 0 heterocycles. The predicted molar refractivity (Wildman–Crippen MR) is 395 cm³/mol. The number of alkyl halides is 3. The lowest BCUT2D eigenvalue weighted by Crippen LogP contribution is -2.03. The molecule has 0 spiro atoms. The van der Waals surface area contributed by atoms with Gasteiger partial charge in [0.15, 0.2) is 11.5 Å². The molecule has 0 bridgehead atoms. The maximum absolute atomic E-state index is 11.9. The van der Waals surface area contributed by atoms with Gasteiger partial charge in [0.1, 0.15) is 11.5 Å². The second-order valence-corrected chi connectivity index (χ2v) is 24.4. The molecule has 0 fully saturated rings. The topological polar surface area (TPSA) is 36.9 Å². The van der Waals surface area contributed by atoms with Crippen molar-refractivity contribution >= 4 is 73.9 Å². The van der Waals surface area contributed by atoms with Crippen LogP contribution in [0.4, 0.5) is 13.2 Å². The molecule has 0 aromatic heterocycles. The first-order valence-electron chi connectivity index (χ1n) is 29.2. The first-order chi connectivity index (χ1) is 43.3. The standard InChI is InChI=1S/C9H12O2.C9H12O.C9H12.C8H9Cl.C8H7F3.C8H10O.C7H7Br.C7H6Cl2.2C7H7Cl/c1-7-4-5-8(10-2)9(6-7)11-3;1-7-4-5-9(10-3)8(2)6-7;1-7-4-5-8(2)9(3)6-7;1-6-3-4-7(2)8(9)5-6;1-6-2-4-7(5-3-6)8(9,10)11;1-7-3-5-8(9-2)6-4-7;1-6-3-2-4-7(8)5-6;1-5-2-3-6(8)7(9)4-5;1-6-2-4-7(8)5-3-6;1-6-3-2-4-7(8)5-6/h4-6H,1-3H3;4-6H,1-3H3;4-6H,1-3H3;3-5H,1-2H3;2-5H,1H3;3-6H,1-2H3;2-5H,1H3;2-4H,1H3;2*2-5H,1H3. The van der Waals surface area contributed by atoms with Crippen molar-refractivity contribution in [1.82, 2.24) is 0 Å². The fraction of sp³-hybridized carbons (Fsp3) is 0.241. The lowest BCUT2D eigenvalue weighted by Gasteiger charge is -2.06. The van der Waals surface area contributed by atoms with Gasteiger partial charge in [-0.1, -0.05) is 223 Å². The molecule has 0 radical (unpaired) electrons. The van der Waals surface area contributed by atoms with Crippen LogP contribution < -0.4 is 18.9 Å². The third-order valence-electron chi connectivity index (χ3n) is 12.8. The van der Waals surface area contributed by atoms with Crippen LogP contribution in [0.3, 0.4) is 0 Å². The SMILES string of the molecule is COc1ccc(C)cc1.COc1ccc(C)cc1C.COc1ccc(C)cc1OC.Cc1ccc(C(F)(F)F)cc1.Cc1ccc(C)c(C)c1.Cc1ccc(C)c(Cl)c1.Cc1ccc(Cl)c(Cl)c1.Cc1ccc(Cl)cc1.Cc1cccc(Br)c1.Cc1cccc(Cl)c1. The Morgan fingerprint density at radius 3 is 1.03 bits per heavy atom. The van der Waals surface area contributed by atoms with Gasteiger partial charge in [0.2, 0.25) is 0 Å². The van der Waals surface area contributed by atoms with Crippen molar-refractivity contribution in [2.75, 3.05) is 28.4 Å². The van der Waals surface area contributed by atoms with Gasteiger partial charge in [-0.2, -0.15) is 13.2 Å². The highest BCUT2D eigenvalue weighted by Crippen LogP contribution is 2.29. The first-order valence-corrected chi connectivity index (χ1v) is 31.9. The summed E-state index contributed by atoms with van der Waals surface area (Å²) in [5, 5.41) is 3.70. The highest BCUT2D eigenvalue weighted by molar-refractivity contribution is 9.10. The van der Waals surface area contributed by atoms with E-state index in [1.165, 1.54) is 73.3 Å². The monoisotopic (exact) mass is 1410 g/mol. The van der Waals surface area contributed by atoms with Gasteiger partial charge in [-0.25, -0.2) is 0 Å². The summed E-state index contributed by atoms with van der Waals surface area (Å²) in [6.07, 6.45) is -4.21. The number of methoxy groups -OCH3 is 4. The van der Waals surface area contributed by atoms with Gasteiger partial charge in [-0.15, -0.1) is 0 Å². The molecule has 0 amide bonds. The molecule has 0 unspecified atom stereocenters. The summed E-state index contributed by atoms with van der Waals surface area (Å²) < 4.78 is 57.1. The maximum Gasteiger partial charge on any atom is 0.416 e. The Labute approximate surface area is 581 Å². The van der Waals surface area contributed by atoms with E-state index in [0.717, 1.165) is 71.4 Å². The summed E-state index contributed by atoms with van der Waals surface area (Å²) in [5.74, 6) is 3.44. The van der Waals surface area contributed by atoms with Gasteiger partial charge >= 0.3 is 6.18 Å². The van der Waals surface area contributed by atoms with Crippen molar-refractivity contribution in [3.05, 3.63) is 325 Å². The number of rotatable bonds is 4. The molecule has 0 atom stereocenters. The van der Waals surface area contributed by atoms with Gasteiger partial charge in [-0.05, 0) is 239 Å². The van der Waals surface area contributed by atoms with Crippen molar-refractivity contribution in [1.29, 1.82) is 0 Å². The van der Waals surface area contributed by atoms with Crippen LogP contribution in [0.25, 0.3) is 0 Å². The van der Waals surface area contributed by atoms with E-state index in [-0.39, 0.29) is 0 Å². The number of ether oxygens (including phenoxy) is 4. The molecule has 0 saturated carbocycles. The predicted octanol–water partition coefficient (Wildman–Crippen LogP) is 26.3. The molecule has 0 aliphatic carbocycles. The Morgan fingerprint density at radius 2 is 0.674 bits per heavy atom. The minimum absolute atomic E-state index is 0.594. The second-order valence-electron chi connectivity index (χ2n) is 21.4. The third-order valence-corrected chi connectivity index (χ3v) is 14.9. The van der Waals surface area contributed by atoms with E-state index in [1.54, 1.807) is 41.4 Å². The van der Waals surface area contributed by atoms with Gasteiger partial charge in [0, 0.05) is 19.5 Å². The zero-order chi connectivity index (χ0) is 69.5. The second kappa shape index (κ2) is 45.4. The lowest BCUT2D eigenvalue weighted by molar-refractivity contribution is -0.137. The molecule has 0 N–H and O–H groups in total. The highest BCUT2D eigenvalue weighted by atomic mass is 79.9. The number of hydrogen-bond donors (Lipinski definition) is 0. The van der Waals surface area contributed by atoms with Crippen LogP contribution in [0.2, 0.25) is 25.1 Å². The zero-order valence-corrected chi connectivity index (χ0v) is 61.6. The third kappa shape index (κ3) is 37.6. The average molecular weight is 1420 g/mol. The Bertz CT molecular complexity index is 3470. The van der Waals surface area contributed by atoms with Crippen molar-refractivity contribution in [2.45, 2.75) is 103 Å². The van der Waals surface area contributed by atoms with Gasteiger partial charge < -0.3 is 18.9 Å². The minimum Gasteiger partial charge on any atom is -0.497 e.